The van der Waals surface area contributed by atoms with Crippen molar-refractivity contribution in [1.82, 2.24) is 20.1 Å². The van der Waals surface area contributed by atoms with Crippen LogP contribution >= 0.6 is 0 Å². The van der Waals surface area contributed by atoms with Gasteiger partial charge in [0, 0.05) is 43.3 Å². The molecule has 2 heterocycles. The average Bonchev–Trinajstić information content (AvgIpc) is 3.17. The van der Waals surface area contributed by atoms with E-state index in [-0.39, 0.29) is 5.57 Å². The van der Waals surface area contributed by atoms with Crippen molar-refractivity contribution in [3.63, 3.8) is 0 Å². The molecule has 2 aromatic heterocycles. The van der Waals surface area contributed by atoms with Gasteiger partial charge in [0.2, 0.25) is 0 Å². The molecule has 1 N–H and O–H groups in total. The van der Waals surface area contributed by atoms with Crippen LogP contribution in [0.2, 0.25) is 0 Å². The van der Waals surface area contributed by atoms with Gasteiger partial charge in [-0.3, -0.25) is 14.5 Å². The lowest BCUT2D eigenvalue weighted by Crippen LogP contribution is -2.26. The molecule has 0 saturated heterocycles. The van der Waals surface area contributed by atoms with Crippen LogP contribution in [0.1, 0.15) is 11.1 Å². The first-order chi connectivity index (χ1) is 15.0. The summed E-state index contributed by atoms with van der Waals surface area (Å²) in [6.07, 6.45) is 7.24. The van der Waals surface area contributed by atoms with Crippen LogP contribution in [0.25, 0.3) is 17.3 Å². The van der Waals surface area contributed by atoms with Crippen LogP contribution < -0.4 is 14.8 Å². The zero-order chi connectivity index (χ0) is 22.2. The van der Waals surface area contributed by atoms with E-state index in [9.17, 15) is 10.1 Å². The first-order valence-corrected chi connectivity index (χ1v) is 9.60. The Hall–Kier alpha value is -4.12. The molecule has 0 spiro atoms. The van der Waals surface area contributed by atoms with Crippen molar-refractivity contribution < 1.29 is 14.3 Å². The molecule has 1 amide bonds. The molecule has 0 fully saturated rings. The zero-order valence-corrected chi connectivity index (χ0v) is 17.6. The molecule has 31 heavy (non-hydrogen) atoms. The Morgan fingerprint density at radius 3 is 2.61 bits per heavy atom. The molecule has 0 atom stereocenters. The number of pyridine rings is 1. The number of nitriles is 1. The fraction of sp³-hybridized carbons (Fsp3) is 0.217. The number of ether oxygens (including phenoxy) is 2. The number of aromatic nitrogens is 3. The second kappa shape index (κ2) is 10.1. The lowest BCUT2D eigenvalue weighted by Gasteiger charge is -2.10. The molecular formula is C23H23N5O3. The Morgan fingerprint density at radius 2 is 1.94 bits per heavy atom. The fourth-order valence-corrected chi connectivity index (χ4v) is 3.10. The topological polar surface area (TPSA) is 102 Å². The van der Waals surface area contributed by atoms with E-state index in [0.717, 1.165) is 11.1 Å². The number of nitrogens with one attached hydrogen (secondary N) is 1. The lowest BCUT2D eigenvalue weighted by molar-refractivity contribution is -0.117. The minimum Gasteiger partial charge on any atom is -0.493 e. The Bertz CT molecular complexity index is 1130. The third-order valence-electron chi connectivity index (χ3n) is 4.62. The summed E-state index contributed by atoms with van der Waals surface area (Å²) >= 11 is 0. The molecular weight excluding hydrogens is 394 g/mol. The summed E-state index contributed by atoms with van der Waals surface area (Å²) in [7, 11) is 4.94. The maximum atomic E-state index is 12.6. The number of carbonyl (C=O) groups excluding carboxylic acids is 1. The number of methoxy groups -OCH3 is 2. The van der Waals surface area contributed by atoms with Crippen LogP contribution in [-0.4, -0.2) is 41.4 Å². The number of amides is 1. The zero-order valence-electron chi connectivity index (χ0n) is 17.6. The van der Waals surface area contributed by atoms with Gasteiger partial charge in [-0.2, -0.15) is 10.4 Å². The molecule has 0 aliphatic heterocycles. The maximum Gasteiger partial charge on any atom is 0.261 e. The summed E-state index contributed by atoms with van der Waals surface area (Å²) in [5.74, 6) is 0.836. The van der Waals surface area contributed by atoms with Gasteiger partial charge in [0.25, 0.3) is 5.91 Å². The van der Waals surface area contributed by atoms with Gasteiger partial charge in [-0.15, -0.1) is 0 Å². The molecule has 3 rings (SSSR count). The van der Waals surface area contributed by atoms with Gasteiger partial charge in [-0.05, 0) is 42.3 Å². The lowest BCUT2D eigenvalue weighted by atomic mass is 10.1. The standard InChI is InChI=1S/C23H23N5O3/c1-28-15-19(22(27-28)17-7-9-25-10-8-17)13-18(14-24)23(29)26-11-6-16-4-5-20(30-2)21(12-16)31-3/h4-5,7-10,12-13,15H,6,11H2,1-3H3,(H,26,29). The van der Waals surface area contributed by atoms with Crippen LogP contribution in [0.4, 0.5) is 0 Å². The van der Waals surface area contributed by atoms with E-state index in [2.05, 4.69) is 15.4 Å². The highest BCUT2D eigenvalue weighted by Crippen LogP contribution is 2.27. The molecule has 1 aromatic carbocycles. The van der Waals surface area contributed by atoms with E-state index in [1.54, 1.807) is 50.6 Å². The summed E-state index contributed by atoms with van der Waals surface area (Å²) in [6.45, 7) is 0.373. The SMILES string of the molecule is COc1ccc(CCNC(=O)C(C#N)=Cc2cn(C)nc2-c2ccncc2)cc1OC. The highest BCUT2D eigenvalue weighted by Gasteiger charge is 2.14. The molecule has 158 valence electrons. The van der Waals surface area contributed by atoms with Crippen molar-refractivity contribution in [1.29, 1.82) is 5.26 Å². The molecule has 8 heteroatoms. The number of carbonyl (C=O) groups is 1. The molecule has 0 radical (unpaired) electrons. The fourth-order valence-electron chi connectivity index (χ4n) is 3.10. The van der Waals surface area contributed by atoms with Gasteiger partial charge in [0.1, 0.15) is 11.6 Å². The molecule has 0 saturated carbocycles. The Kier molecular flexibility index (Phi) is 7.01. The van der Waals surface area contributed by atoms with Crippen molar-refractivity contribution in [2.24, 2.45) is 7.05 Å². The second-order valence-corrected chi connectivity index (χ2v) is 6.71. The van der Waals surface area contributed by atoms with E-state index in [1.807, 2.05) is 36.4 Å². The van der Waals surface area contributed by atoms with Crippen LogP contribution in [0.5, 0.6) is 11.5 Å². The van der Waals surface area contributed by atoms with Gasteiger partial charge in [-0.1, -0.05) is 6.07 Å². The largest absolute Gasteiger partial charge is 0.493 e. The molecule has 0 aliphatic rings. The third kappa shape index (κ3) is 5.28. The number of benzene rings is 1. The summed E-state index contributed by atoms with van der Waals surface area (Å²) in [5, 5.41) is 16.8. The van der Waals surface area contributed by atoms with E-state index < -0.39 is 5.91 Å². The number of hydrogen-bond donors (Lipinski definition) is 1. The van der Waals surface area contributed by atoms with Crippen LogP contribution in [-0.2, 0) is 18.3 Å². The van der Waals surface area contributed by atoms with E-state index >= 15 is 0 Å². The average molecular weight is 417 g/mol. The third-order valence-corrected chi connectivity index (χ3v) is 4.62. The first kappa shape index (κ1) is 21.6. The minimum atomic E-state index is -0.437. The number of aryl methyl sites for hydroxylation is 1. The Morgan fingerprint density at radius 1 is 1.19 bits per heavy atom. The van der Waals surface area contributed by atoms with Crippen molar-refractivity contribution in [2.45, 2.75) is 6.42 Å². The summed E-state index contributed by atoms with van der Waals surface area (Å²) < 4.78 is 12.2. The number of rotatable bonds is 8. The molecule has 8 nitrogen and oxygen atoms in total. The molecule has 0 bridgehead atoms. The predicted octanol–water partition coefficient (Wildman–Crippen LogP) is 2.77. The summed E-state index contributed by atoms with van der Waals surface area (Å²) in [6, 6.07) is 11.2. The van der Waals surface area contributed by atoms with Crippen molar-refractivity contribution >= 4 is 12.0 Å². The highest BCUT2D eigenvalue weighted by molar-refractivity contribution is 6.02. The monoisotopic (exact) mass is 417 g/mol. The van der Waals surface area contributed by atoms with Gasteiger partial charge in [-0.25, -0.2) is 0 Å². The van der Waals surface area contributed by atoms with Crippen LogP contribution in [0.3, 0.4) is 0 Å². The summed E-state index contributed by atoms with van der Waals surface area (Å²) in [5.41, 5.74) is 3.20. The van der Waals surface area contributed by atoms with Crippen LogP contribution in [0.15, 0.2) is 54.5 Å². The second-order valence-electron chi connectivity index (χ2n) is 6.71. The summed E-state index contributed by atoms with van der Waals surface area (Å²) in [4.78, 5) is 16.6. The quantitative estimate of drug-likeness (QED) is 0.447. The van der Waals surface area contributed by atoms with Crippen molar-refractivity contribution in [2.75, 3.05) is 20.8 Å². The van der Waals surface area contributed by atoms with Gasteiger partial charge in [0.05, 0.1) is 19.9 Å². The Labute approximate surface area is 180 Å². The molecule has 0 unspecified atom stereocenters. The number of hydrogen-bond acceptors (Lipinski definition) is 6. The minimum absolute atomic E-state index is 0.00983. The highest BCUT2D eigenvalue weighted by atomic mass is 16.5. The van der Waals surface area contributed by atoms with Gasteiger partial charge in [0.15, 0.2) is 11.5 Å². The van der Waals surface area contributed by atoms with E-state index in [1.165, 1.54) is 0 Å². The normalized spacial score (nSPS) is 11.0. The van der Waals surface area contributed by atoms with Crippen molar-refractivity contribution in [3.05, 3.63) is 65.6 Å². The van der Waals surface area contributed by atoms with E-state index in [4.69, 9.17) is 9.47 Å². The molecule has 3 aromatic rings. The van der Waals surface area contributed by atoms with Gasteiger partial charge < -0.3 is 14.8 Å². The predicted molar refractivity (Wildman–Crippen MR) is 116 cm³/mol. The first-order valence-electron chi connectivity index (χ1n) is 9.60. The van der Waals surface area contributed by atoms with Crippen LogP contribution in [0, 0.1) is 11.3 Å². The van der Waals surface area contributed by atoms with Gasteiger partial charge >= 0.3 is 0 Å². The van der Waals surface area contributed by atoms with Crippen molar-refractivity contribution in [3.8, 4) is 28.8 Å². The Balaban J connectivity index is 1.70. The molecule has 0 aliphatic carbocycles. The smallest absolute Gasteiger partial charge is 0.261 e. The maximum absolute atomic E-state index is 12.6. The number of nitrogens with zero attached hydrogens (tertiary/aromatic N) is 4. The van der Waals surface area contributed by atoms with E-state index in [0.29, 0.717) is 35.7 Å².